The lowest BCUT2D eigenvalue weighted by molar-refractivity contribution is -0.120. The number of anilines is 1. The maximum absolute atomic E-state index is 12.1. The number of carbonyl (C=O) groups is 1. The standard InChI is InChI=1S/C14H15N5O/c20-14(11-5-2-1-3-6-11)18-12-9-13(16-10-15-12)19-8-4-7-17-19/h1-2,4,7-11H,3,5-6H2,(H,15,16,18,20)/t11-/m1/s1. The Hall–Kier alpha value is -2.50. The third-order valence-electron chi connectivity index (χ3n) is 3.28. The van der Waals surface area contributed by atoms with Gasteiger partial charge < -0.3 is 5.32 Å². The summed E-state index contributed by atoms with van der Waals surface area (Å²) in [5.41, 5.74) is 0. The van der Waals surface area contributed by atoms with Crippen molar-refractivity contribution >= 4 is 11.7 Å². The fourth-order valence-electron chi connectivity index (χ4n) is 2.21. The van der Waals surface area contributed by atoms with E-state index >= 15 is 0 Å². The van der Waals surface area contributed by atoms with Crippen LogP contribution >= 0.6 is 0 Å². The molecular weight excluding hydrogens is 254 g/mol. The molecule has 0 fully saturated rings. The van der Waals surface area contributed by atoms with Gasteiger partial charge in [-0.15, -0.1) is 0 Å². The average molecular weight is 269 g/mol. The molecule has 1 aliphatic carbocycles. The van der Waals surface area contributed by atoms with Crippen molar-refractivity contribution < 1.29 is 4.79 Å². The van der Waals surface area contributed by atoms with Crippen LogP contribution in [0.4, 0.5) is 5.82 Å². The van der Waals surface area contributed by atoms with Gasteiger partial charge in [-0.1, -0.05) is 12.2 Å². The van der Waals surface area contributed by atoms with E-state index < -0.39 is 0 Å². The quantitative estimate of drug-likeness (QED) is 0.864. The summed E-state index contributed by atoms with van der Waals surface area (Å²) in [5, 5.41) is 6.95. The smallest absolute Gasteiger partial charge is 0.228 e. The van der Waals surface area contributed by atoms with E-state index in [1.165, 1.54) is 6.33 Å². The van der Waals surface area contributed by atoms with Crippen molar-refractivity contribution in [2.75, 3.05) is 5.32 Å². The van der Waals surface area contributed by atoms with Gasteiger partial charge in [0, 0.05) is 24.4 Å². The summed E-state index contributed by atoms with van der Waals surface area (Å²) in [6, 6.07) is 3.53. The van der Waals surface area contributed by atoms with Crippen LogP contribution in [0.15, 0.2) is 43.0 Å². The minimum atomic E-state index is 0.0134. The fraction of sp³-hybridized carbons (Fsp3) is 0.286. The van der Waals surface area contributed by atoms with Crippen LogP contribution in [0.1, 0.15) is 19.3 Å². The highest BCUT2D eigenvalue weighted by atomic mass is 16.1. The van der Waals surface area contributed by atoms with Gasteiger partial charge >= 0.3 is 0 Å². The molecule has 0 saturated heterocycles. The van der Waals surface area contributed by atoms with E-state index in [1.807, 2.05) is 6.07 Å². The lowest BCUT2D eigenvalue weighted by Crippen LogP contribution is -2.24. The number of rotatable bonds is 3. The Kier molecular flexibility index (Phi) is 3.54. The number of nitrogens with one attached hydrogen (secondary N) is 1. The van der Waals surface area contributed by atoms with Gasteiger partial charge in [-0.3, -0.25) is 4.79 Å². The third-order valence-corrected chi connectivity index (χ3v) is 3.28. The highest BCUT2D eigenvalue weighted by molar-refractivity contribution is 5.92. The van der Waals surface area contributed by atoms with E-state index in [0.29, 0.717) is 11.6 Å². The number of amides is 1. The van der Waals surface area contributed by atoms with Crippen molar-refractivity contribution in [1.82, 2.24) is 19.7 Å². The number of allylic oxidation sites excluding steroid dienone is 2. The molecule has 0 aromatic carbocycles. The van der Waals surface area contributed by atoms with Crippen molar-refractivity contribution in [2.45, 2.75) is 19.3 Å². The van der Waals surface area contributed by atoms with Crippen LogP contribution in [-0.2, 0) is 4.79 Å². The first-order chi connectivity index (χ1) is 9.83. The summed E-state index contributed by atoms with van der Waals surface area (Å²) < 4.78 is 1.63. The number of nitrogens with zero attached hydrogens (tertiary/aromatic N) is 4. The Labute approximate surface area is 116 Å². The summed E-state index contributed by atoms with van der Waals surface area (Å²) in [6.45, 7) is 0. The summed E-state index contributed by atoms with van der Waals surface area (Å²) in [4.78, 5) is 20.3. The Morgan fingerprint density at radius 3 is 3.05 bits per heavy atom. The predicted molar refractivity (Wildman–Crippen MR) is 74.3 cm³/mol. The number of carbonyl (C=O) groups excluding carboxylic acids is 1. The Morgan fingerprint density at radius 1 is 1.35 bits per heavy atom. The van der Waals surface area contributed by atoms with Crippen LogP contribution in [0, 0.1) is 5.92 Å². The molecule has 102 valence electrons. The summed E-state index contributed by atoms with van der Waals surface area (Å²) in [5.74, 6) is 1.18. The Bertz CT molecular complexity index is 620. The highest BCUT2D eigenvalue weighted by Crippen LogP contribution is 2.20. The second-order valence-corrected chi connectivity index (χ2v) is 4.68. The van der Waals surface area contributed by atoms with Crippen LogP contribution in [0.2, 0.25) is 0 Å². The number of aromatic nitrogens is 4. The molecule has 6 nitrogen and oxygen atoms in total. The molecule has 3 rings (SSSR count). The molecule has 2 aromatic heterocycles. The summed E-state index contributed by atoms with van der Waals surface area (Å²) >= 11 is 0. The van der Waals surface area contributed by atoms with E-state index in [-0.39, 0.29) is 11.8 Å². The van der Waals surface area contributed by atoms with E-state index in [2.05, 4.69) is 32.5 Å². The van der Waals surface area contributed by atoms with E-state index in [4.69, 9.17) is 0 Å². The zero-order valence-electron chi connectivity index (χ0n) is 10.9. The topological polar surface area (TPSA) is 72.7 Å². The monoisotopic (exact) mass is 269 g/mol. The van der Waals surface area contributed by atoms with Crippen LogP contribution < -0.4 is 5.32 Å². The molecule has 0 saturated carbocycles. The first kappa shape index (κ1) is 12.5. The minimum absolute atomic E-state index is 0.0134. The first-order valence-electron chi connectivity index (χ1n) is 6.61. The largest absolute Gasteiger partial charge is 0.310 e. The van der Waals surface area contributed by atoms with Gasteiger partial charge in [0.1, 0.15) is 12.1 Å². The molecule has 0 spiro atoms. The molecule has 1 N–H and O–H groups in total. The van der Waals surface area contributed by atoms with Crippen molar-refractivity contribution in [1.29, 1.82) is 0 Å². The molecular formula is C14H15N5O. The zero-order chi connectivity index (χ0) is 13.8. The molecule has 20 heavy (non-hydrogen) atoms. The van der Waals surface area contributed by atoms with Gasteiger partial charge in [0.05, 0.1) is 0 Å². The Morgan fingerprint density at radius 2 is 2.30 bits per heavy atom. The molecule has 1 aliphatic rings. The van der Waals surface area contributed by atoms with Gasteiger partial charge in [0.15, 0.2) is 5.82 Å². The lowest BCUT2D eigenvalue weighted by atomic mass is 9.94. The molecule has 2 heterocycles. The summed E-state index contributed by atoms with van der Waals surface area (Å²) in [7, 11) is 0. The van der Waals surface area contributed by atoms with Crippen molar-refractivity contribution in [3.8, 4) is 5.82 Å². The molecule has 2 aromatic rings. The fourth-order valence-corrected chi connectivity index (χ4v) is 2.21. The van der Waals surface area contributed by atoms with Gasteiger partial charge in [0.25, 0.3) is 0 Å². The SMILES string of the molecule is O=C(Nc1cc(-n2cccn2)ncn1)[C@@H]1CC=CCC1. The molecule has 0 radical (unpaired) electrons. The van der Waals surface area contributed by atoms with E-state index in [9.17, 15) is 4.79 Å². The number of hydrogen-bond acceptors (Lipinski definition) is 4. The second kappa shape index (κ2) is 5.64. The molecule has 1 atom stereocenters. The van der Waals surface area contributed by atoms with Crippen LogP contribution in [0.5, 0.6) is 0 Å². The van der Waals surface area contributed by atoms with Crippen molar-refractivity contribution in [3.05, 3.63) is 43.0 Å². The first-order valence-corrected chi connectivity index (χ1v) is 6.61. The molecule has 1 amide bonds. The maximum atomic E-state index is 12.1. The van der Waals surface area contributed by atoms with Crippen LogP contribution in [0.25, 0.3) is 5.82 Å². The molecule has 0 bridgehead atoms. The normalized spacial score (nSPS) is 17.9. The number of hydrogen-bond donors (Lipinski definition) is 1. The van der Waals surface area contributed by atoms with Gasteiger partial charge in [0.2, 0.25) is 5.91 Å². The van der Waals surface area contributed by atoms with E-state index in [0.717, 1.165) is 19.3 Å². The minimum Gasteiger partial charge on any atom is -0.310 e. The summed E-state index contributed by atoms with van der Waals surface area (Å²) in [6.07, 6.45) is 11.7. The lowest BCUT2D eigenvalue weighted by Gasteiger charge is -2.16. The highest BCUT2D eigenvalue weighted by Gasteiger charge is 2.19. The molecule has 0 unspecified atom stereocenters. The van der Waals surface area contributed by atoms with Crippen molar-refractivity contribution in [3.63, 3.8) is 0 Å². The van der Waals surface area contributed by atoms with Crippen molar-refractivity contribution in [2.24, 2.45) is 5.92 Å². The maximum Gasteiger partial charge on any atom is 0.228 e. The Balaban J connectivity index is 1.73. The third kappa shape index (κ3) is 2.74. The molecule has 6 heteroatoms. The van der Waals surface area contributed by atoms with Gasteiger partial charge in [-0.05, 0) is 25.3 Å². The second-order valence-electron chi connectivity index (χ2n) is 4.68. The van der Waals surface area contributed by atoms with Crippen LogP contribution in [0.3, 0.4) is 0 Å². The van der Waals surface area contributed by atoms with Gasteiger partial charge in [-0.25, -0.2) is 14.6 Å². The molecule has 0 aliphatic heterocycles. The van der Waals surface area contributed by atoms with E-state index in [1.54, 1.807) is 23.1 Å². The van der Waals surface area contributed by atoms with Gasteiger partial charge in [-0.2, -0.15) is 5.10 Å². The average Bonchev–Trinajstić information content (AvgIpc) is 3.03. The van der Waals surface area contributed by atoms with Crippen LogP contribution in [-0.4, -0.2) is 25.7 Å². The zero-order valence-corrected chi connectivity index (χ0v) is 10.9. The predicted octanol–water partition coefficient (Wildman–Crippen LogP) is 1.96.